The summed E-state index contributed by atoms with van der Waals surface area (Å²) in [5.74, 6) is 0.0572. The monoisotopic (exact) mass is 337 g/mol. The Morgan fingerprint density at radius 1 is 1.08 bits per heavy atom. The number of carbonyl (C=O) groups excluding carboxylic acids is 2. The minimum absolute atomic E-state index is 0.159. The number of rotatable bonds is 11. The minimum atomic E-state index is -0.305. The van der Waals surface area contributed by atoms with Gasteiger partial charge in [0.2, 0.25) is 0 Å². The standard InChI is InChI=1S/C18H27NO5/c1-4-23-14-8-12-19(13-11-17(20)24-5-2)18(21)15-9-6-7-10-16(15)22-3/h6-7,9-10H,4-5,8,11-14H2,1-3H3. The number of methoxy groups -OCH3 is 1. The second kappa shape index (κ2) is 11.5. The van der Waals surface area contributed by atoms with E-state index in [2.05, 4.69) is 0 Å². The molecule has 0 aliphatic rings. The molecule has 0 N–H and O–H groups in total. The number of esters is 1. The molecule has 0 aliphatic carbocycles. The number of hydrogen-bond acceptors (Lipinski definition) is 5. The zero-order valence-electron chi connectivity index (χ0n) is 14.7. The van der Waals surface area contributed by atoms with E-state index in [9.17, 15) is 9.59 Å². The minimum Gasteiger partial charge on any atom is -0.496 e. The molecule has 0 radical (unpaired) electrons. The van der Waals surface area contributed by atoms with Gasteiger partial charge in [-0.25, -0.2) is 0 Å². The van der Waals surface area contributed by atoms with Gasteiger partial charge in [-0.2, -0.15) is 0 Å². The second-order valence-corrected chi connectivity index (χ2v) is 5.10. The normalized spacial score (nSPS) is 10.3. The Morgan fingerprint density at radius 2 is 1.83 bits per heavy atom. The zero-order chi connectivity index (χ0) is 17.8. The summed E-state index contributed by atoms with van der Waals surface area (Å²) in [6.07, 6.45) is 0.876. The summed E-state index contributed by atoms with van der Waals surface area (Å²) in [4.78, 5) is 26.1. The number of nitrogens with zero attached hydrogens (tertiary/aromatic N) is 1. The first-order valence-corrected chi connectivity index (χ1v) is 8.29. The van der Waals surface area contributed by atoms with Crippen LogP contribution in [-0.2, 0) is 14.3 Å². The highest BCUT2D eigenvalue weighted by Gasteiger charge is 2.20. The third-order valence-corrected chi connectivity index (χ3v) is 3.44. The molecule has 1 amide bonds. The molecule has 0 fully saturated rings. The van der Waals surface area contributed by atoms with Crippen molar-refractivity contribution in [2.75, 3.05) is 40.0 Å². The molecule has 134 valence electrons. The summed E-state index contributed by atoms with van der Waals surface area (Å²) in [6, 6.07) is 7.07. The number of carbonyl (C=O) groups is 2. The lowest BCUT2D eigenvalue weighted by Crippen LogP contribution is -2.35. The molecule has 0 atom stereocenters. The van der Waals surface area contributed by atoms with Crippen molar-refractivity contribution >= 4 is 11.9 Å². The van der Waals surface area contributed by atoms with Crippen LogP contribution in [0.4, 0.5) is 0 Å². The molecular weight excluding hydrogens is 310 g/mol. The van der Waals surface area contributed by atoms with Gasteiger partial charge in [-0.15, -0.1) is 0 Å². The van der Waals surface area contributed by atoms with Crippen molar-refractivity contribution in [2.24, 2.45) is 0 Å². The van der Waals surface area contributed by atoms with Gasteiger partial charge in [-0.3, -0.25) is 9.59 Å². The molecule has 0 saturated heterocycles. The van der Waals surface area contributed by atoms with Crippen LogP contribution in [0.25, 0.3) is 0 Å². The van der Waals surface area contributed by atoms with E-state index >= 15 is 0 Å². The van der Waals surface area contributed by atoms with E-state index in [1.54, 1.807) is 30.0 Å². The molecule has 6 heteroatoms. The molecule has 0 aromatic heterocycles. The van der Waals surface area contributed by atoms with Crippen LogP contribution in [-0.4, -0.2) is 56.8 Å². The Kier molecular flexibility index (Phi) is 9.53. The van der Waals surface area contributed by atoms with Crippen molar-refractivity contribution in [1.29, 1.82) is 0 Å². The predicted octanol–water partition coefficient (Wildman–Crippen LogP) is 2.52. The van der Waals surface area contributed by atoms with Gasteiger partial charge in [0, 0.05) is 26.3 Å². The summed E-state index contributed by atoms with van der Waals surface area (Å²) < 4.78 is 15.5. The highest BCUT2D eigenvalue weighted by Crippen LogP contribution is 2.19. The number of para-hydroxylation sites is 1. The fourth-order valence-electron chi connectivity index (χ4n) is 2.27. The molecule has 1 rings (SSSR count). The SMILES string of the molecule is CCOCCCN(CCC(=O)OCC)C(=O)c1ccccc1OC. The van der Waals surface area contributed by atoms with E-state index in [0.717, 1.165) is 0 Å². The van der Waals surface area contributed by atoms with Crippen LogP contribution in [0.15, 0.2) is 24.3 Å². The molecular formula is C18H27NO5. The fraction of sp³-hybridized carbons (Fsp3) is 0.556. The van der Waals surface area contributed by atoms with Crippen molar-refractivity contribution in [3.8, 4) is 5.75 Å². The van der Waals surface area contributed by atoms with Gasteiger partial charge in [-0.1, -0.05) is 12.1 Å². The Bertz CT molecular complexity index is 518. The molecule has 24 heavy (non-hydrogen) atoms. The maximum atomic E-state index is 12.8. The predicted molar refractivity (Wildman–Crippen MR) is 91.3 cm³/mol. The summed E-state index contributed by atoms with van der Waals surface area (Å²) in [6.45, 7) is 6.06. The first-order chi connectivity index (χ1) is 11.6. The Labute approximate surface area is 143 Å². The molecule has 6 nitrogen and oxygen atoms in total. The average Bonchev–Trinajstić information content (AvgIpc) is 2.60. The van der Waals surface area contributed by atoms with Crippen LogP contribution in [0.5, 0.6) is 5.75 Å². The lowest BCUT2D eigenvalue weighted by molar-refractivity contribution is -0.143. The Morgan fingerprint density at radius 3 is 2.50 bits per heavy atom. The van der Waals surface area contributed by atoms with Crippen LogP contribution in [0.3, 0.4) is 0 Å². The van der Waals surface area contributed by atoms with E-state index in [4.69, 9.17) is 14.2 Å². The molecule has 0 heterocycles. The molecule has 0 saturated carbocycles. The van der Waals surface area contributed by atoms with E-state index in [1.807, 2.05) is 13.0 Å². The summed E-state index contributed by atoms with van der Waals surface area (Å²) in [7, 11) is 1.53. The van der Waals surface area contributed by atoms with Crippen molar-refractivity contribution in [3.63, 3.8) is 0 Å². The molecule has 0 aliphatic heterocycles. The van der Waals surface area contributed by atoms with Gasteiger partial charge in [-0.05, 0) is 32.4 Å². The number of amides is 1. The Hall–Kier alpha value is -2.08. The number of benzene rings is 1. The largest absolute Gasteiger partial charge is 0.496 e. The number of ether oxygens (including phenoxy) is 3. The van der Waals surface area contributed by atoms with Crippen LogP contribution < -0.4 is 4.74 Å². The van der Waals surface area contributed by atoms with Crippen LogP contribution in [0, 0.1) is 0 Å². The van der Waals surface area contributed by atoms with Crippen molar-refractivity contribution < 1.29 is 23.8 Å². The van der Waals surface area contributed by atoms with Gasteiger partial charge in [0.25, 0.3) is 5.91 Å². The van der Waals surface area contributed by atoms with Gasteiger partial charge >= 0.3 is 5.97 Å². The van der Waals surface area contributed by atoms with Crippen molar-refractivity contribution in [2.45, 2.75) is 26.7 Å². The maximum absolute atomic E-state index is 12.8. The summed E-state index contributed by atoms with van der Waals surface area (Å²) >= 11 is 0. The summed E-state index contributed by atoms with van der Waals surface area (Å²) in [5, 5.41) is 0. The van der Waals surface area contributed by atoms with Gasteiger partial charge in [0.1, 0.15) is 5.75 Å². The van der Waals surface area contributed by atoms with E-state index in [-0.39, 0.29) is 18.3 Å². The van der Waals surface area contributed by atoms with Gasteiger partial charge in [0.05, 0.1) is 25.7 Å². The lowest BCUT2D eigenvalue weighted by atomic mass is 10.1. The van der Waals surface area contributed by atoms with E-state index in [1.165, 1.54) is 7.11 Å². The highest BCUT2D eigenvalue weighted by molar-refractivity contribution is 5.97. The quantitative estimate of drug-likeness (QED) is 0.458. The number of hydrogen-bond donors (Lipinski definition) is 0. The molecule has 1 aromatic carbocycles. The van der Waals surface area contributed by atoms with Crippen LogP contribution in [0.1, 0.15) is 37.0 Å². The summed E-state index contributed by atoms with van der Waals surface area (Å²) in [5.41, 5.74) is 0.486. The van der Waals surface area contributed by atoms with Crippen LogP contribution >= 0.6 is 0 Å². The van der Waals surface area contributed by atoms with Crippen LogP contribution in [0.2, 0.25) is 0 Å². The molecule has 0 spiro atoms. The average molecular weight is 337 g/mol. The van der Waals surface area contributed by atoms with Gasteiger partial charge < -0.3 is 19.1 Å². The topological polar surface area (TPSA) is 65.1 Å². The molecule has 0 unspecified atom stereocenters. The third kappa shape index (κ3) is 6.58. The van der Waals surface area contributed by atoms with Gasteiger partial charge in [0.15, 0.2) is 0 Å². The molecule has 1 aromatic rings. The van der Waals surface area contributed by atoms with Crippen molar-refractivity contribution in [3.05, 3.63) is 29.8 Å². The van der Waals surface area contributed by atoms with E-state index in [0.29, 0.717) is 50.6 Å². The van der Waals surface area contributed by atoms with E-state index < -0.39 is 0 Å². The maximum Gasteiger partial charge on any atom is 0.307 e. The van der Waals surface area contributed by atoms with Crippen molar-refractivity contribution in [1.82, 2.24) is 4.90 Å². The molecule has 0 bridgehead atoms. The lowest BCUT2D eigenvalue weighted by Gasteiger charge is -2.23. The third-order valence-electron chi connectivity index (χ3n) is 3.44. The smallest absolute Gasteiger partial charge is 0.307 e. The second-order valence-electron chi connectivity index (χ2n) is 5.10. The fourth-order valence-corrected chi connectivity index (χ4v) is 2.27. The first kappa shape index (κ1) is 20.0. The first-order valence-electron chi connectivity index (χ1n) is 8.29. The Balaban J connectivity index is 2.77. The highest BCUT2D eigenvalue weighted by atomic mass is 16.5. The zero-order valence-corrected chi connectivity index (χ0v) is 14.7.